The number of hydrogen-bond donors (Lipinski definition) is 5. The highest BCUT2D eigenvalue weighted by Crippen LogP contribution is 2.23. The predicted molar refractivity (Wildman–Crippen MR) is 131 cm³/mol. The summed E-state index contributed by atoms with van der Waals surface area (Å²) >= 11 is 0. The second-order valence-corrected chi connectivity index (χ2v) is 7.52. The fourth-order valence-corrected chi connectivity index (χ4v) is 3.12. The molecule has 0 atom stereocenters. The fourth-order valence-electron chi connectivity index (χ4n) is 3.12. The second-order valence-electron chi connectivity index (χ2n) is 7.52. The summed E-state index contributed by atoms with van der Waals surface area (Å²) in [5, 5.41) is 23.6. The van der Waals surface area contributed by atoms with E-state index in [2.05, 4.69) is 20.9 Å². The summed E-state index contributed by atoms with van der Waals surface area (Å²) in [6.07, 6.45) is 0. The van der Waals surface area contributed by atoms with Gasteiger partial charge >= 0.3 is 11.9 Å². The third kappa shape index (κ3) is 10.1. The molecule has 194 valence electrons. The van der Waals surface area contributed by atoms with Gasteiger partial charge in [-0.1, -0.05) is 12.1 Å². The largest absolute Gasteiger partial charge is 0.495 e. The fraction of sp³-hybridized carbons (Fsp3) is 0.333. The van der Waals surface area contributed by atoms with E-state index in [4.69, 9.17) is 29.3 Å². The monoisotopic (exact) mass is 502 g/mol. The van der Waals surface area contributed by atoms with Gasteiger partial charge in [0.2, 0.25) is 5.91 Å². The maximum Gasteiger partial charge on any atom is 0.414 e. The van der Waals surface area contributed by atoms with Gasteiger partial charge in [-0.05, 0) is 36.4 Å². The minimum Gasteiger partial charge on any atom is -0.495 e. The molecule has 12 heteroatoms. The van der Waals surface area contributed by atoms with Crippen LogP contribution in [0.4, 0.5) is 11.4 Å². The Kier molecular flexibility index (Phi) is 11.8. The molecule has 1 aliphatic rings. The van der Waals surface area contributed by atoms with E-state index in [1.54, 1.807) is 43.5 Å². The molecule has 0 spiro atoms. The first kappa shape index (κ1) is 28.2. The number of amides is 2. The molecule has 0 aliphatic carbocycles. The Morgan fingerprint density at radius 2 is 1.58 bits per heavy atom. The lowest BCUT2D eigenvalue weighted by Crippen LogP contribution is -2.41. The molecule has 2 amide bonds. The van der Waals surface area contributed by atoms with Crippen LogP contribution >= 0.6 is 0 Å². The number of aliphatic carboxylic acids is 2. The first-order valence-corrected chi connectivity index (χ1v) is 11.1. The Balaban J connectivity index is 0.000000678. The van der Waals surface area contributed by atoms with Gasteiger partial charge < -0.3 is 35.6 Å². The van der Waals surface area contributed by atoms with Crippen molar-refractivity contribution in [3.63, 3.8) is 0 Å². The smallest absolute Gasteiger partial charge is 0.414 e. The van der Waals surface area contributed by atoms with Crippen LogP contribution in [0.3, 0.4) is 0 Å². The molecule has 0 aromatic heterocycles. The van der Waals surface area contributed by atoms with Gasteiger partial charge in [-0.15, -0.1) is 0 Å². The topological polar surface area (TPSA) is 167 Å². The molecule has 5 N–H and O–H groups in total. The van der Waals surface area contributed by atoms with Gasteiger partial charge in [-0.25, -0.2) is 9.59 Å². The molecule has 1 aliphatic heterocycles. The summed E-state index contributed by atoms with van der Waals surface area (Å²) in [7, 11) is 1.56. The summed E-state index contributed by atoms with van der Waals surface area (Å²) in [6, 6.07) is 14.0. The predicted octanol–water partition coefficient (Wildman–Crippen LogP) is 0.963. The van der Waals surface area contributed by atoms with Crippen molar-refractivity contribution in [3.8, 4) is 5.75 Å². The highest BCUT2D eigenvalue weighted by molar-refractivity contribution is 6.27. The van der Waals surface area contributed by atoms with Crippen molar-refractivity contribution in [1.29, 1.82) is 0 Å². The summed E-state index contributed by atoms with van der Waals surface area (Å²) in [4.78, 5) is 45.0. The molecular weight excluding hydrogens is 472 g/mol. The van der Waals surface area contributed by atoms with Crippen LogP contribution in [0.2, 0.25) is 0 Å². The number of carboxylic acids is 2. The second kappa shape index (κ2) is 15.1. The van der Waals surface area contributed by atoms with E-state index in [-0.39, 0.29) is 18.4 Å². The number of nitrogens with one attached hydrogen (secondary N) is 3. The Labute approximate surface area is 208 Å². The van der Waals surface area contributed by atoms with E-state index in [1.165, 1.54) is 0 Å². The van der Waals surface area contributed by atoms with E-state index in [0.29, 0.717) is 22.7 Å². The van der Waals surface area contributed by atoms with Gasteiger partial charge in [-0.3, -0.25) is 14.5 Å². The van der Waals surface area contributed by atoms with Crippen molar-refractivity contribution < 1.29 is 38.9 Å². The van der Waals surface area contributed by atoms with Crippen molar-refractivity contribution in [2.45, 2.75) is 0 Å². The van der Waals surface area contributed by atoms with Gasteiger partial charge in [-0.2, -0.15) is 0 Å². The molecule has 0 bridgehead atoms. The summed E-state index contributed by atoms with van der Waals surface area (Å²) in [5.41, 5.74) is 1.73. The minimum atomic E-state index is -1.82. The average Bonchev–Trinajstić information content (AvgIpc) is 2.88. The number of ether oxygens (including phenoxy) is 2. The van der Waals surface area contributed by atoms with Crippen LogP contribution in [0.15, 0.2) is 48.5 Å². The average molecular weight is 503 g/mol. The lowest BCUT2D eigenvalue weighted by Gasteiger charge is -2.26. The highest BCUT2D eigenvalue weighted by atomic mass is 16.5. The van der Waals surface area contributed by atoms with Crippen molar-refractivity contribution >= 4 is 35.1 Å². The molecule has 0 radical (unpaired) electrons. The van der Waals surface area contributed by atoms with Crippen LogP contribution in [0.1, 0.15) is 10.4 Å². The zero-order chi connectivity index (χ0) is 26.3. The van der Waals surface area contributed by atoms with Crippen LogP contribution in [-0.4, -0.2) is 91.9 Å². The van der Waals surface area contributed by atoms with Crippen molar-refractivity contribution in [2.75, 3.05) is 63.7 Å². The van der Waals surface area contributed by atoms with Gasteiger partial charge in [0.15, 0.2) is 0 Å². The minimum absolute atomic E-state index is 0.122. The standard InChI is InChI=1S/C22H28N4O4.C2H2O4/c1-29-20-5-3-2-4-19(20)25-22(28)17-6-8-18(9-7-17)24-21(27)16-23-10-11-26-12-14-30-15-13-26;3-1(4)2(5)6/h2-9,23H,10-16H2,1H3,(H,24,27)(H,25,28);(H,3,4)(H,5,6). The number of para-hydroxylation sites is 2. The molecule has 1 fully saturated rings. The van der Waals surface area contributed by atoms with Gasteiger partial charge in [0, 0.05) is 37.4 Å². The molecule has 3 rings (SSSR count). The number of carbonyl (C=O) groups is 4. The normalized spacial score (nSPS) is 13.0. The molecule has 2 aromatic rings. The number of hydrogen-bond acceptors (Lipinski definition) is 8. The van der Waals surface area contributed by atoms with Crippen LogP contribution < -0.4 is 20.7 Å². The van der Waals surface area contributed by atoms with Crippen molar-refractivity contribution in [2.24, 2.45) is 0 Å². The number of methoxy groups -OCH3 is 1. The molecule has 1 saturated heterocycles. The molecule has 2 aromatic carbocycles. The maximum absolute atomic E-state index is 12.4. The number of anilines is 2. The highest BCUT2D eigenvalue weighted by Gasteiger charge is 2.11. The number of rotatable bonds is 9. The molecule has 0 unspecified atom stereocenters. The Hall–Kier alpha value is -4.00. The molecule has 36 heavy (non-hydrogen) atoms. The van der Waals surface area contributed by atoms with E-state index in [1.807, 2.05) is 12.1 Å². The molecular formula is C24H30N4O8. The molecule has 0 saturated carbocycles. The van der Waals surface area contributed by atoms with Crippen LogP contribution in [0.25, 0.3) is 0 Å². The zero-order valence-electron chi connectivity index (χ0n) is 19.9. The Morgan fingerprint density at radius 3 is 2.19 bits per heavy atom. The lowest BCUT2D eigenvalue weighted by molar-refractivity contribution is -0.159. The lowest BCUT2D eigenvalue weighted by atomic mass is 10.2. The summed E-state index contributed by atoms with van der Waals surface area (Å²) < 4.78 is 10.6. The van der Waals surface area contributed by atoms with Crippen molar-refractivity contribution in [3.05, 3.63) is 54.1 Å². The third-order valence-electron chi connectivity index (χ3n) is 4.96. The van der Waals surface area contributed by atoms with Gasteiger partial charge in [0.05, 0.1) is 32.6 Å². The van der Waals surface area contributed by atoms with Gasteiger partial charge in [0.25, 0.3) is 5.91 Å². The van der Waals surface area contributed by atoms with E-state index < -0.39 is 11.9 Å². The molecule has 12 nitrogen and oxygen atoms in total. The van der Waals surface area contributed by atoms with Crippen LogP contribution in [0, 0.1) is 0 Å². The van der Waals surface area contributed by atoms with Gasteiger partial charge in [0.1, 0.15) is 5.75 Å². The summed E-state index contributed by atoms with van der Waals surface area (Å²) in [6.45, 7) is 5.29. The zero-order valence-corrected chi connectivity index (χ0v) is 19.9. The SMILES string of the molecule is COc1ccccc1NC(=O)c1ccc(NC(=O)CNCCN2CCOCC2)cc1.O=C(O)C(=O)O. The maximum atomic E-state index is 12.4. The number of benzene rings is 2. The van der Waals surface area contributed by atoms with E-state index in [9.17, 15) is 9.59 Å². The number of carbonyl (C=O) groups excluding carboxylic acids is 2. The van der Waals surface area contributed by atoms with E-state index >= 15 is 0 Å². The van der Waals surface area contributed by atoms with E-state index in [0.717, 1.165) is 39.4 Å². The third-order valence-corrected chi connectivity index (χ3v) is 4.96. The number of nitrogens with zero attached hydrogens (tertiary/aromatic N) is 1. The van der Waals surface area contributed by atoms with Crippen LogP contribution in [-0.2, 0) is 19.1 Å². The number of morpholine rings is 1. The quantitative estimate of drug-likeness (QED) is 0.246. The van der Waals surface area contributed by atoms with Crippen LogP contribution in [0.5, 0.6) is 5.75 Å². The molecule has 1 heterocycles. The first-order valence-electron chi connectivity index (χ1n) is 11.1. The van der Waals surface area contributed by atoms with Crippen molar-refractivity contribution in [1.82, 2.24) is 10.2 Å². The Bertz CT molecular complexity index is 1010. The first-order chi connectivity index (χ1) is 17.3. The number of carboxylic acid groups (broad SMARTS) is 2. The Morgan fingerprint density at radius 1 is 0.944 bits per heavy atom. The summed E-state index contributed by atoms with van der Waals surface area (Å²) in [5.74, 6) is -3.42.